The zero-order valence-electron chi connectivity index (χ0n) is 3.66. The summed E-state index contributed by atoms with van der Waals surface area (Å²) in [4.78, 5) is 0. The lowest BCUT2D eigenvalue weighted by Gasteiger charge is -2.29. The summed E-state index contributed by atoms with van der Waals surface area (Å²) in [5, 5.41) is 2.70. The van der Waals surface area contributed by atoms with Gasteiger partial charge in [0.2, 0.25) is 0 Å². The molecule has 35 valence electrons. The van der Waals surface area contributed by atoms with Crippen molar-refractivity contribution in [2.45, 2.75) is 12.6 Å². The highest BCUT2D eigenvalue weighted by Crippen LogP contribution is 2.17. The Balaban J connectivity index is 2.31. The first kappa shape index (κ1) is 4.06. The molecule has 0 aromatic heterocycles. The Labute approximate surface area is 36.5 Å². The molecule has 1 fully saturated rings. The molecule has 6 heavy (non-hydrogen) atoms. The third kappa shape index (κ3) is 0.522. The average Bonchev–Trinajstić information content (AvgIpc) is 1.32. The van der Waals surface area contributed by atoms with Crippen LogP contribution in [-0.2, 0) is 0 Å². The maximum Gasteiger partial charge on any atom is 0.137 e. The minimum atomic E-state index is -1.01. The molecule has 0 spiro atoms. The van der Waals surface area contributed by atoms with Gasteiger partial charge in [-0.3, -0.25) is 0 Å². The van der Waals surface area contributed by atoms with Gasteiger partial charge >= 0.3 is 0 Å². The van der Waals surface area contributed by atoms with E-state index >= 15 is 0 Å². The van der Waals surface area contributed by atoms with E-state index in [1.54, 1.807) is 6.92 Å². The molecule has 1 atom stereocenters. The second kappa shape index (κ2) is 0.936. The predicted octanol–water partition coefficient (Wildman–Crippen LogP) is 0.480. The number of alkyl halides is 1. The lowest BCUT2D eigenvalue weighted by molar-refractivity contribution is 0.159. The first-order chi connectivity index (χ1) is 2.71. The van der Waals surface area contributed by atoms with E-state index < -0.39 is 5.67 Å². The third-order valence-electron chi connectivity index (χ3n) is 0.851. The number of hydrogen-bond acceptors (Lipinski definition) is 1. The Bertz CT molecular complexity index is 54.6. The number of halogens is 1. The summed E-state index contributed by atoms with van der Waals surface area (Å²) >= 11 is 0. The molecule has 1 rings (SSSR count). The average molecular weight is 88.1 g/mol. The standard InChI is InChI=1S/C4H7FN/c1-4(5)2-6-3-4/h2,6H,3H2,1H3. The predicted molar refractivity (Wildman–Crippen MR) is 21.8 cm³/mol. The number of nitrogens with one attached hydrogen (secondary N) is 1. The van der Waals surface area contributed by atoms with Crippen LogP contribution in [-0.4, -0.2) is 12.2 Å². The minimum Gasteiger partial charge on any atom is -0.306 e. The molecule has 0 bridgehead atoms. The van der Waals surface area contributed by atoms with E-state index in [4.69, 9.17) is 0 Å². The van der Waals surface area contributed by atoms with Crippen LogP contribution in [0.3, 0.4) is 0 Å². The Hall–Kier alpha value is -0.110. The van der Waals surface area contributed by atoms with E-state index in [0.717, 1.165) is 0 Å². The molecule has 0 saturated carbocycles. The molecule has 1 N–H and O–H groups in total. The van der Waals surface area contributed by atoms with Crippen LogP contribution in [0.15, 0.2) is 0 Å². The van der Waals surface area contributed by atoms with Gasteiger partial charge in [-0.25, -0.2) is 4.39 Å². The van der Waals surface area contributed by atoms with Gasteiger partial charge < -0.3 is 5.32 Å². The molecule has 1 radical (unpaired) electrons. The summed E-state index contributed by atoms with van der Waals surface area (Å²) in [6, 6.07) is 0. The molecule has 0 aromatic carbocycles. The molecule has 1 aliphatic rings. The summed E-state index contributed by atoms with van der Waals surface area (Å²) in [6.45, 7) is 3.48. The highest BCUT2D eigenvalue weighted by Gasteiger charge is 2.30. The molecule has 0 aromatic rings. The van der Waals surface area contributed by atoms with Gasteiger partial charge in [-0.1, -0.05) is 0 Å². The third-order valence-corrected chi connectivity index (χ3v) is 0.851. The van der Waals surface area contributed by atoms with E-state index in [2.05, 4.69) is 5.32 Å². The zero-order valence-corrected chi connectivity index (χ0v) is 3.66. The van der Waals surface area contributed by atoms with Crippen molar-refractivity contribution in [1.82, 2.24) is 5.32 Å². The van der Waals surface area contributed by atoms with Crippen molar-refractivity contribution < 1.29 is 4.39 Å². The summed E-state index contributed by atoms with van der Waals surface area (Å²) in [5.41, 5.74) is -1.01. The maximum atomic E-state index is 12.1. The van der Waals surface area contributed by atoms with Crippen molar-refractivity contribution in [3.63, 3.8) is 0 Å². The van der Waals surface area contributed by atoms with Gasteiger partial charge in [0.25, 0.3) is 0 Å². The summed E-state index contributed by atoms with van der Waals surface area (Å²) in [7, 11) is 0. The fraction of sp³-hybridized carbons (Fsp3) is 0.750. The van der Waals surface area contributed by atoms with Crippen LogP contribution in [0.25, 0.3) is 0 Å². The SMILES string of the molecule is CC1(F)[CH]NC1. The summed E-state index contributed by atoms with van der Waals surface area (Å²) in [5.74, 6) is 0. The van der Waals surface area contributed by atoms with Crippen molar-refractivity contribution in [3.8, 4) is 0 Å². The van der Waals surface area contributed by atoms with Crippen molar-refractivity contribution in [3.05, 3.63) is 6.54 Å². The Morgan fingerprint density at radius 1 is 2.00 bits per heavy atom. The fourth-order valence-electron chi connectivity index (χ4n) is 0.383. The van der Waals surface area contributed by atoms with Gasteiger partial charge in [0.1, 0.15) is 5.67 Å². The van der Waals surface area contributed by atoms with E-state index in [1.807, 2.05) is 0 Å². The van der Waals surface area contributed by atoms with Gasteiger partial charge in [-0.2, -0.15) is 0 Å². The maximum absolute atomic E-state index is 12.1. The van der Waals surface area contributed by atoms with E-state index in [1.165, 1.54) is 6.54 Å². The van der Waals surface area contributed by atoms with Crippen LogP contribution < -0.4 is 5.32 Å². The largest absolute Gasteiger partial charge is 0.306 e. The van der Waals surface area contributed by atoms with Crippen LogP contribution in [0.1, 0.15) is 6.92 Å². The minimum absolute atomic E-state index is 0.479. The molecule has 0 amide bonds. The second-order valence-electron chi connectivity index (χ2n) is 1.80. The molecule has 1 nitrogen and oxygen atoms in total. The first-order valence-corrected chi connectivity index (χ1v) is 1.97. The normalized spacial score (nSPS) is 29.0. The quantitative estimate of drug-likeness (QED) is 0.454. The topological polar surface area (TPSA) is 12.0 Å². The van der Waals surface area contributed by atoms with Gasteiger partial charge in [-0.05, 0) is 6.92 Å². The molecule has 2 heteroatoms. The fourth-order valence-corrected chi connectivity index (χ4v) is 0.383. The van der Waals surface area contributed by atoms with Crippen LogP contribution in [0, 0.1) is 6.54 Å². The lowest BCUT2D eigenvalue weighted by atomic mass is 10.0. The van der Waals surface area contributed by atoms with Crippen LogP contribution in [0.4, 0.5) is 4.39 Å². The van der Waals surface area contributed by atoms with Gasteiger partial charge in [-0.15, -0.1) is 0 Å². The van der Waals surface area contributed by atoms with Crippen LogP contribution >= 0.6 is 0 Å². The van der Waals surface area contributed by atoms with E-state index in [-0.39, 0.29) is 0 Å². The summed E-state index contributed by atoms with van der Waals surface area (Å²) < 4.78 is 12.1. The van der Waals surface area contributed by atoms with E-state index in [9.17, 15) is 4.39 Å². The van der Waals surface area contributed by atoms with Crippen LogP contribution in [0.2, 0.25) is 0 Å². The molecule has 0 aliphatic carbocycles. The van der Waals surface area contributed by atoms with Crippen molar-refractivity contribution >= 4 is 0 Å². The monoisotopic (exact) mass is 88.1 g/mol. The van der Waals surface area contributed by atoms with Crippen LogP contribution in [0.5, 0.6) is 0 Å². The van der Waals surface area contributed by atoms with Crippen molar-refractivity contribution in [2.24, 2.45) is 0 Å². The van der Waals surface area contributed by atoms with Gasteiger partial charge in [0, 0.05) is 6.54 Å². The highest BCUT2D eigenvalue weighted by molar-refractivity contribution is 4.99. The number of rotatable bonds is 0. The molecular formula is C4H7FN. The van der Waals surface area contributed by atoms with Gasteiger partial charge in [0.05, 0.1) is 6.54 Å². The van der Waals surface area contributed by atoms with E-state index in [0.29, 0.717) is 6.54 Å². The zero-order chi connectivity index (χ0) is 4.62. The van der Waals surface area contributed by atoms with Crippen molar-refractivity contribution in [1.29, 1.82) is 0 Å². The summed E-state index contributed by atoms with van der Waals surface area (Å²) in [6.07, 6.45) is 0. The second-order valence-corrected chi connectivity index (χ2v) is 1.80. The molecule has 1 aliphatic heterocycles. The highest BCUT2D eigenvalue weighted by atomic mass is 19.1. The number of hydrogen-bond donors (Lipinski definition) is 1. The Kier molecular flexibility index (Phi) is 0.634. The van der Waals surface area contributed by atoms with Gasteiger partial charge in [0.15, 0.2) is 0 Å². The smallest absolute Gasteiger partial charge is 0.137 e. The van der Waals surface area contributed by atoms with Crippen molar-refractivity contribution in [2.75, 3.05) is 6.54 Å². The Morgan fingerprint density at radius 3 is 2.33 bits per heavy atom. The first-order valence-electron chi connectivity index (χ1n) is 1.97. The molecule has 1 heterocycles. The molecule has 1 saturated heterocycles. The lowest BCUT2D eigenvalue weighted by Crippen LogP contribution is -2.48. The molecule has 1 unspecified atom stereocenters. The Morgan fingerprint density at radius 2 is 2.33 bits per heavy atom. The molecular weight excluding hydrogens is 81.0 g/mol.